The molecule has 1 aliphatic rings. The van der Waals surface area contributed by atoms with Crippen LogP contribution in [0.2, 0.25) is 0 Å². The van der Waals surface area contributed by atoms with Crippen LogP contribution in [0, 0.1) is 5.92 Å². The van der Waals surface area contributed by atoms with Crippen molar-refractivity contribution in [3.05, 3.63) is 0 Å². The summed E-state index contributed by atoms with van der Waals surface area (Å²) in [5.41, 5.74) is 0. The van der Waals surface area contributed by atoms with E-state index in [9.17, 15) is 4.79 Å². The van der Waals surface area contributed by atoms with Gasteiger partial charge < -0.3 is 9.74 Å². The van der Waals surface area contributed by atoms with Gasteiger partial charge in [0.2, 0.25) is 5.91 Å². The Hall–Kier alpha value is -0.610. The first-order chi connectivity index (χ1) is 5.65. The van der Waals surface area contributed by atoms with Crippen molar-refractivity contribution in [1.82, 2.24) is 9.96 Å². The second kappa shape index (κ2) is 3.87. The fraction of sp³-hybridized carbons (Fsp3) is 0.875. The zero-order chi connectivity index (χ0) is 9.14. The second-order valence-corrected chi connectivity index (χ2v) is 3.23. The quantitative estimate of drug-likeness (QED) is 0.556. The lowest BCUT2D eigenvalue weighted by molar-refractivity contribution is -0.140. The molecular formula is C8H16N2O2. The molecule has 1 rings (SSSR count). The number of nitrogens with zero attached hydrogens (tertiary/aromatic N) is 2. The van der Waals surface area contributed by atoms with Crippen molar-refractivity contribution >= 4 is 5.91 Å². The summed E-state index contributed by atoms with van der Waals surface area (Å²) >= 11 is 0. The van der Waals surface area contributed by atoms with E-state index in [-0.39, 0.29) is 11.8 Å². The molecule has 0 aromatic rings. The van der Waals surface area contributed by atoms with Gasteiger partial charge in [-0.05, 0) is 0 Å². The van der Waals surface area contributed by atoms with E-state index >= 15 is 0 Å². The summed E-state index contributed by atoms with van der Waals surface area (Å²) < 4.78 is 0. The van der Waals surface area contributed by atoms with Gasteiger partial charge in [-0.25, -0.2) is 0 Å². The summed E-state index contributed by atoms with van der Waals surface area (Å²) in [6.45, 7) is 4.16. The van der Waals surface area contributed by atoms with Crippen molar-refractivity contribution in [2.45, 2.75) is 6.92 Å². The Morgan fingerprint density at radius 1 is 1.50 bits per heavy atom. The predicted octanol–water partition coefficient (Wildman–Crippen LogP) is -0.0421. The third-order valence-electron chi connectivity index (χ3n) is 2.22. The van der Waals surface area contributed by atoms with Gasteiger partial charge in [-0.1, -0.05) is 6.92 Å². The Morgan fingerprint density at radius 3 is 2.75 bits per heavy atom. The van der Waals surface area contributed by atoms with Crippen LogP contribution in [-0.4, -0.2) is 49.7 Å². The summed E-state index contributed by atoms with van der Waals surface area (Å²) in [6, 6.07) is 0. The molecule has 0 aromatic carbocycles. The average Bonchev–Trinajstić information content (AvgIpc) is 2.19. The van der Waals surface area contributed by atoms with E-state index in [1.165, 1.54) is 0 Å². The largest absolute Gasteiger partial charge is 0.344 e. The first-order valence-electron chi connectivity index (χ1n) is 4.19. The Kier molecular flexibility index (Phi) is 3.05. The number of rotatable bonds is 1. The average molecular weight is 172 g/mol. The minimum atomic E-state index is 0.0393. The molecule has 0 bridgehead atoms. The van der Waals surface area contributed by atoms with E-state index < -0.39 is 0 Å². The Morgan fingerprint density at radius 2 is 2.17 bits per heavy atom. The lowest BCUT2D eigenvalue weighted by Gasteiger charge is -2.17. The summed E-state index contributed by atoms with van der Waals surface area (Å²) in [7, 11) is 3.47. The summed E-state index contributed by atoms with van der Waals surface area (Å²) in [4.78, 5) is 18.3. The minimum absolute atomic E-state index is 0.0393. The maximum atomic E-state index is 11.5. The molecule has 0 N–H and O–H groups in total. The van der Waals surface area contributed by atoms with Crippen LogP contribution in [0.1, 0.15) is 6.92 Å². The Labute approximate surface area is 73.0 Å². The summed E-state index contributed by atoms with van der Waals surface area (Å²) in [5.74, 6) is 0.243. The number of hydrogen-bond acceptors (Lipinski definition) is 3. The fourth-order valence-corrected chi connectivity index (χ4v) is 1.39. The highest BCUT2D eigenvalue weighted by Gasteiger charge is 2.24. The Balaban J connectivity index is 2.59. The zero-order valence-electron chi connectivity index (χ0n) is 7.91. The van der Waals surface area contributed by atoms with E-state index in [0.717, 1.165) is 13.1 Å². The molecule has 4 heteroatoms. The van der Waals surface area contributed by atoms with E-state index in [4.69, 9.17) is 4.84 Å². The molecule has 0 radical (unpaired) electrons. The van der Waals surface area contributed by atoms with Crippen LogP contribution in [0.3, 0.4) is 0 Å². The standard InChI is InChI=1S/C8H16N2O2/c1-7-6-10(12-3)5-4-9(2)8(7)11/h7H,4-6H2,1-3H3. The van der Waals surface area contributed by atoms with E-state index in [0.29, 0.717) is 6.54 Å². The molecule has 1 amide bonds. The molecule has 1 atom stereocenters. The molecule has 4 nitrogen and oxygen atoms in total. The van der Waals surface area contributed by atoms with Crippen molar-refractivity contribution in [2.24, 2.45) is 5.92 Å². The Bertz CT molecular complexity index is 172. The van der Waals surface area contributed by atoms with E-state index in [1.54, 1.807) is 12.0 Å². The van der Waals surface area contributed by atoms with Crippen molar-refractivity contribution in [2.75, 3.05) is 33.8 Å². The van der Waals surface area contributed by atoms with Crippen molar-refractivity contribution in [3.8, 4) is 0 Å². The summed E-state index contributed by atoms with van der Waals surface area (Å²) in [5, 5.41) is 1.83. The van der Waals surface area contributed by atoms with Gasteiger partial charge in [-0.2, -0.15) is 5.06 Å². The van der Waals surface area contributed by atoms with E-state index in [1.807, 2.05) is 19.0 Å². The molecule has 1 aliphatic heterocycles. The highest BCUT2D eigenvalue weighted by molar-refractivity contribution is 5.78. The zero-order valence-corrected chi connectivity index (χ0v) is 7.91. The minimum Gasteiger partial charge on any atom is -0.344 e. The smallest absolute Gasteiger partial charge is 0.226 e. The highest BCUT2D eigenvalue weighted by atomic mass is 16.7. The first kappa shape index (κ1) is 9.48. The number of amides is 1. The molecule has 0 saturated carbocycles. The molecule has 1 unspecified atom stereocenters. The van der Waals surface area contributed by atoms with Gasteiger partial charge in [0.15, 0.2) is 0 Å². The molecule has 1 heterocycles. The highest BCUT2D eigenvalue weighted by Crippen LogP contribution is 2.08. The van der Waals surface area contributed by atoms with Gasteiger partial charge in [0.05, 0.1) is 13.0 Å². The number of carbonyl (C=O) groups excluding carboxylic acids is 1. The van der Waals surface area contributed by atoms with Crippen LogP contribution in [0.4, 0.5) is 0 Å². The van der Waals surface area contributed by atoms with Crippen LogP contribution in [0.5, 0.6) is 0 Å². The van der Waals surface area contributed by atoms with Crippen LogP contribution in [0.15, 0.2) is 0 Å². The lowest BCUT2D eigenvalue weighted by atomic mass is 10.1. The van der Waals surface area contributed by atoms with Crippen LogP contribution in [-0.2, 0) is 9.63 Å². The number of carbonyl (C=O) groups is 1. The maximum absolute atomic E-state index is 11.5. The van der Waals surface area contributed by atoms with Gasteiger partial charge in [-0.3, -0.25) is 4.79 Å². The molecule has 1 saturated heterocycles. The van der Waals surface area contributed by atoms with Gasteiger partial charge in [0.1, 0.15) is 0 Å². The number of hydroxylamine groups is 2. The normalized spacial score (nSPS) is 27.4. The van der Waals surface area contributed by atoms with Crippen molar-refractivity contribution in [3.63, 3.8) is 0 Å². The van der Waals surface area contributed by atoms with Crippen LogP contribution < -0.4 is 0 Å². The molecule has 12 heavy (non-hydrogen) atoms. The lowest BCUT2D eigenvalue weighted by Crippen LogP contribution is -2.31. The predicted molar refractivity (Wildman–Crippen MR) is 45.4 cm³/mol. The first-order valence-corrected chi connectivity index (χ1v) is 4.19. The molecular weight excluding hydrogens is 156 g/mol. The van der Waals surface area contributed by atoms with E-state index in [2.05, 4.69) is 0 Å². The SMILES string of the molecule is CON1CCN(C)C(=O)C(C)C1. The van der Waals surface area contributed by atoms with Gasteiger partial charge in [-0.15, -0.1) is 0 Å². The second-order valence-electron chi connectivity index (χ2n) is 3.23. The van der Waals surface area contributed by atoms with Crippen LogP contribution in [0.25, 0.3) is 0 Å². The number of likely N-dealkylation sites (N-methyl/N-ethyl adjacent to an activating group) is 1. The number of hydrogen-bond donors (Lipinski definition) is 0. The summed E-state index contributed by atoms with van der Waals surface area (Å²) in [6.07, 6.45) is 0. The van der Waals surface area contributed by atoms with Gasteiger partial charge in [0, 0.05) is 26.7 Å². The van der Waals surface area contributed by atoms with Crippen molar-refractivity contribution < 1.29 is 9.63 Å². The fourth-order valence-electron chi connectivity index (χ4n) is 1.39. The third-order valence-corrected chi connectivity index (χ3v) is 2.22. The van der Waals surface area contributed by atoms with Crippen LogP contribution >= 0.6 is 0 Å². The van der Waals surface area contributed by atoms with Gasteiger partial charge >= 0.3 is 0 Å². The third kappa shape index (κ3) is 1.95. The topological polar surface area (TPSA) is 32.8 Å². The molecule has 0 aromatic heterocycles. The molecule has 70 valence electrons. The molecule has 1 fully saturated rings. The maximum Gasteiger partial charge on any atom is 0.226 e. The van der Waals surface area contributed by atoms with Gasteiger partial charge in [0.25, 0.3) is 0 Å². The monoisotopic (exact) mass is 172 g/mol. The van der Waals surface area contributed by atoms with Crippen molar-refractivity contribution in [1.29, 1.82) is 0 Å². The molecule has 0 aliphatic carbocycles. The molecule has 0 spiro atoms.